The Labute approximate surface area is 135 Å². The molecule has 114 valence electrons. The molecule has 0 unspecified atom stereocenters. The van der Waals surface area contributed by atoms with E-state index < -0.39 is 24.3 Å². The molecule has 0 aliphatic heterocycles. The van der Waals surface area contributed by atoms with Crippen LogP contribution < -0.4 is 5.32 Å². The van der Waals surface area contributed by atoms with E-state index in [9.17, 15) is 14.0 Å². The van der Waals surface area contributed by atoms with Crippen LogP contribution >= 0.6 is 23.2 Å². The molecule has 2 rings (SSSR count). The van der Waals surface area contributed by atoms with Gasteiger partial charge in [0.15, 0.2) is 6.61 Å². The number of ether oxygens (including phenoxy) is 1. The van der Waals surface area contributed by atoms with E-state index >= 15 is 0 Å². The Morgan fingerprint density at radius 1 is 1.14 bits per heavy atom. The molecule has 2 aromatic carbocycles. The average molecular weight is 342 g/mol. The highest BCUT2D eigenvalue weighted by Gasteiger charge is 2.14. The second kappa shape index (κ2) is 7.24. The third kappa shape index (κ3) is 4.19. The van der Waals surface area contributed by atoms with Gasteiger partial charge < -0.3 is 10.1 Å². The summed E-state index contributed by atoms with van der Waals surface area (Å²) in [6.45, 7) is -0.563. The Morgan fingerprint density at radius 3 is 2.55 bits per heavy atom. The molecule has 4 nitrogen and oxygen atoms in total. The van der Waals surface area contributed by atoms with E-state index in [2.05, 4.69) is 5.32 Å². The highest BCUT2D eigenvalue weighted by molar-refractivity contribution is 6.36. The fourth-order valence-electron chi connectivity index (χ4n) is 1.61. The number of carbonyl (C=O) groups excluding carboxylic acids is 2. The molecule has 0 aromatic heterocycles. The van der Waals surface area contributed by atoms with Gasteiger partial charge in [0.05, 0.1) is 16.3 Å². The number of nitrogens with one attached hydrogen (secondary N) is 1. The zero-order valence-corrected chi connectivity index (χ0v) is 12.6. The van der Waals surface area contributed by atoms with Crippen molar-refractivity contribution in [2.75, 3.05) is 11.9 Å². The number of carbonyl (C=O) groups is 2. The Morgan fingerprint density at radius 2 is 1.86 bits per heavy atom. The monoisotopic (exact) mass is 341 g/mol. The maximum Gasteiger partial charge on any atom is 0.341 e. The largest absolute Gasteiger partial charge is 0.452 e. The molecule has 0 atom stereocenters. The maximum atomic E-state index is 13.4. The predicted octanol–water partition coefficient (Wildman–Crippen LogP) is 3.93. The van der Waals surface area contributed by atoms with E-state index in [1.807, 2.05) is 0 Å². The van der Waals surface area contributed by atoms with Crippen LogP contribution in [0.4, 0.5) is 10.1 Å². The van der Waals surface area contributed by atoms with Crippen LogP contribution in [0.1, 0.15) is 10.4 Å². The number of hydrogen-bond acceptors (Lipinski definition) is 3. The van der Waals surface area contributed by atoms with Gasteiger partial charge in [0.1, 0.15) is 5.82 Å². The number of anilines is 1. The summed E-state index contributed by atoms with van der Waals surface area (Å²) < 4.78 is 18.1. The minimum atomic E-state index is -0.921. The Bertz CT molecular complexity index is 722. The molecule has 2 aromatic rings. The number of halogens is 3. The minimum Gasteiger partial charge on any atom is -0.452 e. The summed E-state index contributed by atoms with van der Waals surface area (Å²) in [6.07, 6.45) is 0. The third-order valence-electron chi connectivity index (χ3n) is 2.63. The van der Waals surface area contributed by atoms with E-state index in [-0.39, 0.29) is 10.6 Å². The molecule has 7 heteroatoms. The molecule has 1 amide bonds. The Hall–Kier alpha value is -2.11. The van der Waals surface area contributed by atoms with E-state index in [4.69, 9.17) is 27.9 Å². The lowest BCUT2D eigenvalue weighted by atomic mass is 10.2. The third-order valence-corrected chi connectivity index (χ3v) is 3.18. The number of rotatable bonds is 4. The summed E-state index contributed by atoms with van der Waals surface area (Å²) in [4.78, 5) is 23.3. The van der Waals surface area contributed by atoms with E-state index in [0.29, 0.717) is 10.7 Å². The van der Waals surface area contributed by atoms with Crippen LogP contribution in [0.5, 0.6) is 0 Å². The van der Waals surface area contributed by atoms with E-state index in [0.717, 1.165) is 6.07 Å². The molecule has 0 saturated heterocycles. The van der Waals surface area contributed by atoms with Gasteiger partial charge in [-0.25, -0.2) is 9.18 Å². The second-order valence-electron chi connectivity index (χ2n) is 4.23. The molecule has 0 aliphatic rings. The Balaban J connectivity index is 1.93. The number of benzene rings is 2. The summed E-state index contributed by atoms with van der Waals surface area (Å²) in [7, 11) is 0. The minimum absolute atomic E-state index is 0.236. The van der Waals surface area contributed by atoms with Gasteiger partial charge in [-0.1, -0.05) is 35.3 Å². The first kappa shape index (κ1) is 16.3. The lowest BCUT2D eigenvalue weighted by Gasteiger charge is -2.08. The van der Waals surface area contributed by atoms with Gasteiger partial charge in [-0.05, 0) is 30.3 Å². The molecule has 0 aliphatic carbocycles. The van der Waals surface area contributed by atoms with Gasteiger partial charge in [0.25, 0.3) is 5.91 Å². The topological polar surface area (TPSA) is 55.4 Å². The first-order valence-electron chi connectivity index (χ1n) is 6.14. The van der Waals surface area contributed by atoms with Crippen molar-refractivity contribution in [3.63, 3.8) is 0 Å². The molecule has 0 saturated carbocycles. The van der Waals surface area contributed by atoms with Crippen molar-refractivity contribution in [1.29, 1.82) is 0 Å². The normalized spacial score (nSPS) is 10.1. The van der Waals surface area contributed by atoms with E-state index in [1.54, 1.807) is 6.07 Å². The van der Waals surface area contributed by atoms with Gasteiger partial charge >= 0.3 is 5.97 Å². The SMILES string of the molecule is O=C(COC(=O)c1ccccc1F)Nc1ccc(Cl)cc1Cl. The van der Waals surface area contributed by atoms with Gasteiger partial charge in [0.2, 0.25) is 0 Å². The number of hydrogen-bond donors (Lipinski definition) is 1. The zero-order valence-electron chi connectivity index (χ0n) is 11.1. The molecule has 0 spiro atoms. The second-order valence-corrected chi connectivity index (χ2v) is 5.07. The molecule has 0 radical (unpaired) electrons. The summed E-state index contributed by atoms with van der Waals surface area (Å²) in [5, 5.41) is 3.13. The summed E-state index contributed by atoms with van der Waals surface area (Å²) in [5.74, 6) is -2.24. The van der Waals surface area contributed by atoms with Crippen LogP contribution in [0.15, 0.2) is 42.5 Å². The summed E-state index contributed by atoms with van der Waals surface area (Å²) in [5.41, 5.74) is 0.0952. The average Bonchev–Trinajstić information content (AvgIpc) is 2.48. The molecular weight excluding hydrogens is 332 g/mol. The van der Waals surface area contributed by atoms with Crippen LogP contribution in [0.25, 0.3) is 0 Å². The van der Waals surface area contributed by atoms with Crippen molar-refractivity contribution in [2.45, 2.75) is 0 Å². The highest BCUT2D eigenvalue weighted by atomic mass is 35.5. The smallest absolute Gasteiger partial charge is 0.341 e. The molecule has 1 N–H and O–H groups in total. The molecular formula is C15H10Cl2FNO3. The molecule has 0 heterocycles. The lowest BCUT2D eigenvalue weighted by Crippen LogP contribution is -2.21. The van der Waals surface area contributed by atoms with Crippen molar-refractivity contribution >= 4 is 40.8 Å². The van der Waals surface area contributed by atoms with Crippen LogP contribution in [0.3, 0.4) is 0 Å². The summed E-state index contributed by atoms with van der Waals surface area (Å²) in [6, 6.07) is 9.87. The van der Waals surface area contributed by atoms with Crippen LogP contribution in [0.2, 0.25) is 10.0 Å². The fourth-order valence-corrected chi connectivity index (χ4v) is 2.07. The first-order chi connectivity index (χ1) is 10.5. The number of amides is 1. The van der Waals surface area contributed by atoms with Crippen LogP contribution in [0, 0.1) is 5.82 Å². The maximum absolute atomic E-state index is 13.4. The summed E-state index contributed by atoms with van der Waals surface area (Å²) >= 11 is 11.6. The van der Waals surface area contributed by atoms with Gasteiger partial charge in [-0.2, -0.15) is 0 Å². The van der Waals surface area contributed by atoms with Crippen LogP contribution in [-0.4, -0.2) is 18.5 Å². The lowest BCUT2D eigenvalue weighted by molar-refractivity contribution is -0.119. The quantitative estimate of drug-likeness (QED) is 0.857. The van der Waals surface area contributed by atoms with E-state index in [1.165, 1.54) is 30.3 Å². The zero-order chi connectivity index (χ0) is 16.1. The first-order valence-corrected chi connectivity index (χ1v) is 6.89. The van der Waals surface area contributed by atoms with Crippen molar-refractivity contribution in [3.05, 3.63) is 63.9 Å². The molecule has 22 heavy (non-hydrogen) atoms. The fraction of sp³-hybridized carbons (Fsp3) is 0.0667. The Kier molecular flexibility index (Phi) is 5.35. The molecule has 0 fully saturated rings. The van der Waals surface area contributed by atoms with Crippen molar-refractivity contribution in [3.8, 4) is 0 Å². The van der Waals surface area contributed by atoms with Crippen molar-refractivity contribution < 1.29 is 18.7 Å². The molecule has 0 bridgehead atoms. The van der Waals surface area contributed by atoms with Gasteiger partial charge in [-0.3, -0.25) is 4.79 Å². The standard InChI is InChI=1S/C15H10Cl2FNO3/c16-9-5-6-13(11(17)7-9)19-14(20)8-22-15(21)10-3-1-2-4-12(10)18/h1-7H,8H2,(H,19,20). The highest BCUT2D eigenvalue weighted by Crippen LogP contribution is 2.25. The van der Waals surface area contributed by atoms with Crippen molar-refractivity contribution in [2.24, 2.45) is 0 Å². The predicted molar refractivity (Wildman–Crippen MR) is 81.8 cm³/mol. The number of esters is 1. The van der Waals surface area contributed by atoms with Gasteiger partial charge in [-0.15, -0.1) is 0 Å². The van der Waals surface area contributed by atoms with Crippen LogP contribution in [-0.2, 0) is 9.53 Å². The van der Waals surface area contributed by atoms with Gasteiger partial charge in [0, 0.05) is 5.02 Å². The van der Waals surface area contributed by atoms with Crippen molar-refractivity contribution in [1.82, 2.24) is 0 Å².